The number of anilines is 2. The Labute approximate surface area is 196 Å². The van der Waals surface area contributed by atoms with E-state index in [4.69, 9.17) is 23.2 Å². The smallest absolute Gasteiger partial charge is 0.268 e. The molecule has 0 spiro atoms. The molecule has 0 fully saturated rings. The van der Waals surface area contributed by atoms with Crippen molar-refractivity contribution in [3.63, 3.8) is 0 Å². The Hall–Kier alpha value is -3.20. The van der Waals surface area contributed by atoms with E-state index in [1.807, 2.05) is 12.1 Å². The fourth-order valence-corrected chi connectivity index (χ4v) is 4.43. The van der Waals surface area contributed by atoms with Gasteiger partial charge >= 0.3 is 0 Å². The number of aromatic nitrogens is 3. The van der Waals surface area contributed by atoms with Gasteiger partial charge in [0.25, 0.3) is 11.9 Å². The lowest BCUT2D eigenvalue weighted by Gasteiger charge is -2.25. The van der Waals surface area contributed by atoms with Gasteiger partial charge in [-0.05, 0) is 47.4 Å². The van der Waals surface area contributed by atoms with Crippen molar-refractivity contribution in [3.8, 4) is 0 Å². The van der Waals surface area contributed by atoms with Gasteiger partial charge in [0, 0.05) is 21.3 Å². The van der Waals surface area contributed by atoms with Crippen molar-refractivity contribution in [2.24, 2.45) is 0 Å². The molecule has 2 N–H and O–H groups in total. The molecular weight excluding hydrogens is 472 g/mol. The molecule has 0 bridgehead atoms. The lowest BCUT2D eigenvalue weighted by atomic mass is 10.0. The van der Waals surface area contributed by atoms with Crippen LogP contribution in [0.4, 0.5) is 16.3 Å². The van der Waals surface area contributed by atoms with Crippen LogP contribution in [0.1, 0.15) is 26.8 Å². The Bertz CT molecular complexity index is 1310. The summed E-state index contributed by atoms with van der Waals surface area (Å²) in [5, 5.41) is 12.9. The van der Waals surface area contributed by atoms with Crippen molar-refractivity contribution >= 4 is 58.0 Å². The van der Waals surface area contributed by atoms with Gasteiger partial charge in [0.1, 0.15) is 11.9 Å². The van der Waals surface area contributed by atoms with E-state index < -0.39 is 11.9 Å². The number of carbonyl (C=O) groups is 1. The van der Waals surface area contributed by atoms with Gasteiger partial charge < -0.3 is 5.32 Å². The molecule has 0 saturated carbocycles. The van der Waals surface area contributed by atoms with E-state index in [0.29, 0.717) is 21.5 Å². The van der Waals surface area contributed by atoms with Crippen LogP contribution >= 0.6 is 34.5 Å². The first-order chi connectivity index (χ1) is 15.5. The molecule has 10 heteroatoms. The fraction of sp³-hybridized carbons (Fsp3) is 0.0455. The summed E-state index contributed by atoms with van der Waals surface area (Å²) in [6.07, 6.45) is 1.81. The van der Waals surface area contributed by atoms with E-state index in [-0.39, 0.29) is 22.4 Å². The monoisotopic (exact) mass is 485 g/mol. The third kappa shape index (κ3) is 3.88. The van der Waals surface area contributed by atoms with Crippen LogP contribution in [0.15, 0.2) is 66.1 Å². The number of thiophene rings is 1. The van der Waals surface area contributed by atoms with Crippen LogP contribution in [0.2, 0.25) is 10.0 Å². The van der Waals surface area contributed by atoms with Gasteiger partial charge in [0.05, 0.1) is 4.88 Å². The van der Waals surface area contributed by atoms with Crippen LogP contribution in [0.3, 0.4) is 0 Å². The van der Waals surface area contributed by atoms with Crippen molar-refractivity contribution < 1.29 is 9.18 Å². The van der Waals surface area contributed by atoms with Gasteiger partial charge in [-0.15, -0.1) is 16.4 Å². The molecule has 32 heavy (non-hydrogen) atoms. The molecule has 2 aromatic carbocycles. The minimum Gasteiger partial charge on any atom is -0.324 e. The summed E-state index contributed by atoms with van der Waals surface area (Å²) in [7, 11) is 0. The van der Waals surface area contributed by atoms with Crippen LogP contribution in [0.5, 0.6) is 0 Å². The summed E-state index contributed by atoms with van der Waals surface area (Å²) < 4.78 is 16.3. The summed E-state index contributed by atoms with van der Waals surface area (Å²) in [6, 6.07) is 14.5. The van der Waals surface area contributed by atoms with E-state index in [1.54, 1.807) is 47.9 Å². The van der Waals surface area contributed by atoms with Crippen molar-refractivity contribution in [2.75, 3.05) is 10.6 Å². The van der Waals surface area contributed by atoms with Crippen molar-refractivity contribution in [1.82, 2.24) is 14.8 Å². The summed E-state index contributed by atoms with van der Waals surface area (Å²) in [5.41, 5.74) is 1.76. The van der Waals surface area contributed by atoms with Gasteiger partial charge in [-0.3, -0.25) is 10.1 Å². The zero-order valence-electron chi connectivity index (χ0n) is 16.2. The number of rotatable bonds is 4. The largest absolute Gasteiger partial charge is 0.324 e. The number of benzene rings is 2. The minimum atomic E-state index is -0.689. The molecule has 160 valence electrons. The molecule has 1 atom stereocenters. The zero-order valence-corrected chi connectivity index (χ0v) is 18.5. The van der Waals surface area contributed by atoms with Gasteiger partial charge in [-0.25, -0.2) is 9.07 Å². The maximum Gasteiger partial charge on any atom is 0.268 e. The van der Waals surface area contributed by atoms with E-state index in [0.717, 1.165) is 5.56 Å². The Balaban J connectivity index is 1.58. The molecule has 0 radical (unpaired) electrons. The second-order valence-electron chi connectivity index (χ2n) is 6.93. The van der Waals surface area contributed by atoms with Crippen molar-refractivity contribution in [3.05, 3.63) is 97.9 Å². The molecule has 5 rings (SSSR count). The lowest BCUT2D eigenvalue weighted by molar-refractivity contribution is 0.102. The highest BCUT2D eigenvalue weighted by molar-refractivity contribution is 7.12. The van der Waals surface area contributed by atoms with Gasteiger partial charge in [-0.2, -0.15) is 4.98 Å². The molecule has 0 aliphatic carbocycles. The van der Waals surface area contributed by atoms with E-state index in [9.17, 15) is 9.18 Å². The average Bonchev–Trinajstić information content (AvgIpc) is 3.44. The standard InChI is InChI=1S/C22H14Cl2FN5OS/c23-13-8-6-12(7-9-13)16-11-17(19-14(24)3-1-4-15(19)25)30-22(26-16)28-21(29-30)27-20(31)18-5-2-10-32-18/h1-11,17H,(H2,26,27,28,29,31)/t17-/m1/s1. The topological polar surface area (TPSA) is 71.8 Å². The number of hydrogen-bond acceptors (Lipinski definition) is 5. The molecule has 1 aliphatic rings. The summed E-state index contributed by atoms with van der Waals surface area (Å²) in [5.74, 6) is -0.367. The Kier molecular flexibility index (Phi) is 5.42. The zero-order chi connectivity index (χ0) is 22.2. The number of hydrogen-bond donors (Lipinski definition) is 2. The highest BCUT2D eigenvalue weighted by atomic mass is 35.5. The average molecular weight is 486 g/mol. The number of nitrogens with zero attached hydrogens (tertiary/aromatic N) is 3. The first-order valence-electron chi connectivity index (χ1n) is 9.49. The molecular formula is C22H14Cl2FN5OS. The van der Waals surface area contributed by atoms with Crippen LogP contribution in [-0.4, -0.2) is 20.7 Å². The molecule has 3 heterocycles. The third-order valence-corrected chi connectivity index (χ3v) is 6.34. The predicted molar refractivity (Wildman–Crippen MR) is 125 cm³/mol. The maximum absolute atomic E-state index is 14.8. The molecule has 6 nitrogen and oxygen atoms in total. The van der Waals surface area contributed by atoms with E-state index in [2.05, 4.69) is 20.7 Å². The number of carbonyl (C=O) groups excluding carboxylic acids is 1. The summed E-state index contributed by atoms with van der Waals surface area (Å²) >= 11 is 13.7. The van der Waals surface area contributed by atoms with Crippen LogP contribution < -0.4 is 10.6 Å². The van der Waals surface area contributed by atoms with E-state index in [1.165, 1.54) is 22.1 Å². The fourth-order valence-electron chi connectivity index (χ4n) is 3.41. The minimum absolute atomic E-state index is 0.0918. The summed E-state index contributed by atoms with van der Waals surface area (Å²) in [4.78, 5) is 17.4. The Morgan fingerprint density at radius 1 is 1.12 bits per heavy atom. The molecule has 4 aromatic rings. The number of nitrogens with one attached hydrogen (secondary N) is 2. The first-order valence-corrected chi connectivity index (χ1v) is 11.1. The number of amides is 1. The normalized spacial score (nSPS) is 15.0. The van der Waals surface area contributed by atoms with Gasteiger partial charge in [0.2, 0.25) is 5.95 Å². The number of halogens is 3. The third-order valence-electron chi connectivity index (χ3n) is 4.89. The lowest BCUT2D eigenvalue weighted by Crippen LogP contribution is -2.21. The Morgan fingerprint density at radius 3 is 2.66 bits per heavy atom. The Morgan fingerprint density at radius 2 is 1.94 bits per heavy atom. The highest BCUT2D eigenvalue weighted by Gasteiger charge is 2.29. The van der Waals surface area contributed by atoms with Crippen LogP contribution in [0.25, 0.3) is 5.70 Å². The first kappa shape index (κ1) is 20.7. The SMILES string of the molecule is O=C(Nc1nc2n(n1)[C@@H](c1c(F)cccc1Cl)C=C(c1ccc(Cl)cc1)N2)c1cccs1. The summed E-state index contributed by atoms with van der Waals surface area (Å²) in [6.45, 7) is 0. The molecule has 1 amide bonds. The molecule has 1 aliphatic heterocycles. The molecule has 0 unspecified atom stereocenters. The highest BCUT2D eigenvalue weighted by Crippen LogP contribution is 2.37. The number of fused-ring (bicyclic) bond motifs is 1. The molecule has 0 saturated heterocycles. The van der Waals surface area contributed by atoms with Crippen molar-refractivity contribution in [1.29, 1.82) is 0 Å². The van der Waals surface area contributed by atoms with Crippen LogP contribution in [-0.2, 0) is 0 Å². The maximum atomic E-state index is 14.8. The number of allylic oxidation sites excluding steroid dienone is 1. The van der Waals surface area contributed by atoms with Gasteiger partial charge in [0.15, 0.2) is 0 Å². The predicted octanol–water partition coefficient (Wildman–Crippen LogP) is 6.09. The quantitative estimate of drug-likeness (QED) is 0.366. The van der Waals surface area contributed by atoms with Gasteiger partial charge in [-0.1, -0.05) is 47.5 Å². The second kappa shape index (κ2) is 8.38. The molecule has 2 aromatic heterocycles. The second-order valence-corrected chi connectivity index (χ2v) is 8.72. The van der Waals surface area contributed by atoms with Crippen LogP contribution in [0, 0.1) is 5.82 Å². The van der Waals surface area contributed by atoms with Crippen molar-refractivity contribution in [2.45, 2.75) is 6.04 Å². The van der Waals surface area contributed by atoms with E-state index >= 15 is 0 Å².